The lowest BCUT2D eigenvalue weighted by molar-refractivity contribution is -0.145. The summed E-state index contributed by atoms with van der Waals surface area (Å²) in [6, 6.07) is 0. The molecule has 8 heteroatoms. The summed E-state index contributed by atoms with van der Waals surface area (Å²) in [5.41, 5.74) is 1.45. The molecule has 0 amide bonds. The minimum absolute atomic E-state index is 0.0779. The number of fused-ring (bicyclic) bond motifs is 3. The Kier molecular flexibility index (Phi) is 5.89. The van der Waals surface area contributed by atoms with Crippen molar-refractivity contribution < 1.29 is 14.3 Å². The van der Waals surface area contributed by atoms with E-state index in [9.17, 15) is 4.79 Å². The molecule has 0 spiro atoms. The quantitative estimate of drug-likeness (QED) is 0.691. The number of hydrogen-bond donors (Lipinski definition) is 0. The number of morpholine rings is 1. The number of aryl methyl sites for hydroxylation is 2. The summed E-state index contributed by atoms with van der Waals surface area (Å²) in [7, 11) is 1.49. The Morgan fingerprint density at radius 3 is 2.83 bits per heavy atom. The first-order chi connectivity index (χ1) is 14.7. The van der Waals surface area contributed by atoms with Gasteiger partial charge in [0, 0.05) is 31.1 Å². The monoisotopic (exact) mass is 430 g/mol. The highest BCUT2D eigenvalue weighted by Gasteiger charge is 2.30. The standard InChI is InChI=1S/C22H30N4O3S/c1-28-22(27)15-5-4-8-26(13-15)20-19-16-6-2-3-7-17(16)30-21(19)24-18(23-20)14-25-9-11-29-12-10-25/h15H,2-14H2,1H3/t15-/m0/s1. The van der Waals surface area contributed by atoms with Gasteiger partial charge in [-0.15, -0.1) is 11.3 Å². The fourth-order valence-corrected chi connectivity index (χ4v) is 6.24. The number of hydrogen-bond acceptors (Lipinski definition) is 8. The van der Waals surface area contributed by atoms with Gasteiger partial charge < -0.3 is 14.4 Å². The van der Waals surface area contributed by atoms with E-state index in [0.29, 0.717) is 6.54 Å². The second kappa shape index (κ2) is 8.77. The molecule has 2 aliphatic heterocycles. The minimum Gasteiger partial charge on any atom is -0.469 e. The van der Waals surface area contributed by atoms with Crippen molar-refractivity contribution in [3.63, 3.8) is 0 Å². The molecule has 5 rings (SSSR count). The van der Waals surface area contributed by atoms with Gasteiger partial charge in [0.2, 0.25) is 0 Å². The molecule has 2 saturated heterocycles. The van der Waals surface area contributed by atoms with Crippen LogP contribution in [0.1, 0.15) is 41.9 Å². The fraction of sp³-hybridized carbons (Fsp3) is 0.682. The van der Waals surface area contributed by atoms with E-state index < -0.39 is 0 Å². The average molecular weight is 431 g/mol. The molecule has 0 bridgehead atoms. The summed E-state index contributed by atoms with van der Waals surface area (Å²) in [5, 5.41) is 1.24. The van der Waals surface area contributed by atoms with Gasteiger partial charge in [0.15, 0.2) is 0 Å². The number of nitrogens with zero attached hydrogens (tertiary/aromatic N) is 4. The predicted molar refractivity (Wildman–Crippen MR) is 117 cm³/mol. The van der Waals surface area contributed by atoms with Crippen LogP contribution in [0, 0.1) is 5.92 Å². The van der Waals surface area contributed by atoms with Gasteiger partial charge in [0.25, 0.3) is 0 Å². The normalized spacial score (nSPS) is 22.8. The van der Waals surface area contributed by atoms with Gasteiger partial charge in [-0.05, 0) is 44.1 Å². The first-order valence-corrected chi connectivity index (χ1v) is 12.0. The molecule has 2 aromatic heterocycles. The zero-order valence-corrected chi connectivity index (χ0v) is 18.5. The summed E-state index contributed by atoms with van der Waals surface area (Å²) in [4.78, 5) is 29.6. The second-order valence-electron chi connectivity index (χ2n) is 8.55. The molecular formula is C22H30N4O3S. The third-order valence-corrected chi connectivity index (χ3v) is 7.75. The summed E-state index contributed by atoms with van der Waals surface area (Å²) >= 11 is 1.85. The summed E-state index contributed by atoms with van der Waals surface area (Å²) in [6.45, 7) is 5.76. The molecule has 0 radical (unpaired) electrons. The molecule has 2 aromatic rings. The Bertz CT molecular complexity index is 925. The van der Waals surface area contributed by atoms with E-state index in [1.807, 2.05) is 11.3 Å². The van der Waals surface area contributed by atoms with E-state index >= 15 is 0 Å². The van der Waals surface area contributed by atoms with Gasteiger partial charge in [-0.25, -0.2) is 9.97 Å². The Labute approximate surface area is 181 Å². The predicted octanol–water partition coefficient (Wildman–Crippen LogP) is 2.79. The van der Waals surface area contributed by atoms with Crippen LogP contribution in [0.2, 0.25) is 0 Å². The molecule has 2 fully saturated rings. The van der Waals surface area contributed by atoms with Crippen molar-refractivity contribution in [1.29, 1.82) is 0 Å². The van der Waals surface area contributed by atoms with Crippen molar-refractivity contribution in [3.8, 4) is 0 Å². The molecule has 1 aliphatic carbocycles. The lowest BCUT2D eigenvalue weighted by Gasteiger charge is -2.33. The van der Waals surface area contributed by atoms with Crippen LogP contribution >= 0.6 is 11.3 Å². The number of anilines is 1. The van der Waals surface area contributed by atoms with Crippen molar-refractivity contribution in [2.45, 2.75) is 45.1 Å². The number of aromatic nitrogens is 2. The number of esters is 1. The van der Waals surface area contributed by atoms with E-state index in [1.165, 1.54) is 35.8 Å². The van der Waals surface area contributed by atoms with Crippen LogP contribution in [-0.2, 0) is 33.7 Å². The highest BCUT2D eigenvalue weighted by molar-refractivity contribution is 7.19. The van der Waals surface area contributed by atoms with Gasteiger partial charge in [-0.1, -0.05) is 0 Å². The van der Waals surface area contributed by atoms with E-state index in [1.54, 1.807) is 0 Å². The maximum Gasteiger partial charge on any atom is 0.310 e. The van der Waals surface area contributed by atoms with Crippen molar-refractivity contribution >= 4 is 33.3 Å². The largest absolute Gasteiger partial charge is 0.469 e. The summed E-state index contributed by atoms with van der Waals surface area (Å²) in [5.74, 6) is 1.74. The Balaban J connectivity index is 1.53. The number of carbonyl (C=O) groups is 1. The molecule has 3 aliphatic rings. The maximum absolute atomic E-state index is 12.2. The molecule has 162 valence electrons. The molecule has 1 atom stereocenters. The molecule has 7 nitrogen and oxygen atoms in total. The average Bonchev–Trinajstić information content (AvgIpc) is 3.17. The second-order valence-corrected chi connectivity index (χ2v) is 9.63. The molecule has 0 unspecified atom stereocenters. The van der Waals surface area contributed by atoms with Gasteiger partial charge in [-0.2, -0.15) is 0 Å². The smallest absolute Gasteiger partial charge is 0.310 e. The van der Waals surface area contributed by atoms with Crippen LogP contribution in [0.15, 0.2) is 0 Å². The molecule has 0 N–H and O–H groups in total. The first-order valence-electron chi connectivity index (χ1n) is 11.2. The number of thiophene rings is 1. The molecular weight excluding hydrogens is 400 g/mol. The van der Waals surface area contributed by atoms with Crippen LogP contribution in [0.25, 0.3) is 10.2 Å². The van der Waals surface area contributed by atoms with E-state index in [0.717, 1.165) is 81.5 Å². The number of ether oxygens (including phenoxy) is 2. The third-order valence-electron chi connectivity index (χ3n) is 6.57. The van der Waals surface area contributed by atoms with Gasteiger partial charge in [-0.3, -0.25) is 9.69 Å². The Hall–Kier alpha value is -1.77. The van der Waals surface area contributed by atoms with Crippen LogP contribution in [-0.4, -0.2) is 67.3 Å². The zero-order valence-electron chi connectivity index (χ0n) is 17.7. The molecule has 0 aromatic carbocycles. The van der Waals surface area contributed by atoms with Crippen molar-refractivity contribution in [3.05, 3.63) is 16.3 Å². The number of rotatable bonds is 4. The van der Waals surface area contributed by atoms with Gasteiger partial charge in [0.05, 0.1) is 38.2 Å². The fourth-order valence-electron chi connectivity index (χ4n) is 4.97. The minimum atomic E-state index is -0.106. The van der Waals surface area contributed by atoms with E-state index in [4.69, 9.17) is 19.4 Å². The lowest BCUT2D eigenvalue weighted by Crippen LogP contribution is -2.40. The topological polar surface area (TPSA) is 67.8 Å². The SMILES string of the molecule is COC(=O)[C@H]1CCCN(c2nc(CN3CCOCC3)nc3sc4c(c23)CCCC4)C1. The van der Waals surface area contributed by atoms with Crippen LogP contribution in [0.4, 0.5) is 5.82 Å². The van der Waals surface area contributed by atoms with Crippen LogP contribution in [0.3, 0.4) is 0 Å². The number of carbonyl (C=O) groups excluding carboxylic acids is 1. The van der Waals surface area contributed by atoms with Crippen molar-refractivity contribution in [1.82, 2.24) is 14.9 Å². The number of piperidine rings is 1. The zero-order chi connectivity index (χ0) is 20.5. The Morgan fingerprint density at radius 1 is 1.17 bits per heavy atom. The van der Waals surface area contributed by atoms with Gasteiger partial charge in [0.1, 0.15) is 16.5 Å². The molecule has 30 heavy (non-hydrogen) atoms. The van der Waals surface area contributed by atoms with Crippen molar-refractivity contribution in [2.24, 2.45) is 5.92 Å². The van der Waals surface area contributed by atoms with E-state index in [2.05, 4.69) is 9.80 Å². The first kappa shape index (κ1) is 20.2. The van der Waals surface area contributed by atoms with Gasteiger partial charge >= 0.3 is 5.97 Å². The summed E-state index contributed by atoms with van der Waals surface area (Å²) in [6.07, 6.45) is 6.63. The molecule has 4 heterocycles. The number of methoxy groups -OCH3 is 1. The molecule has 0 saturated carbocycles. The summed E-state index contributed by atoms with van der Waals surface area (Å²) < 4.78 is 10.5. The Morgan fingerprint density at radius 2 is 2.00 bits per heavy atom. The lowest BCUT2D eigenvalue weighted by atomic mass is 9.95. The maximum atomic E-state index is 12.2. The van der Waals surface area contributed by atoms with E-state index in [-0.39, 0.29) is 11.9 Å². The third kappa shape index (κ3) is 3.92. The highest BCUT2D eigenvalue weighted by atomic mass is 32.1. The highest BCUT2D eigenvalue weighted by Crippen LogP contribution is 2.40. The van der Waals surface area contributed by atoms with Crippen LogP contribution < -0.4 is 4.90 Å². The van der Waals surface area contributed by atoms with Crippen LogP contribution in [0.5, 0.6) is 0 Å². The van der Waals surface area contributed by atoms with Crippen molar-refractivity contribution in [2.75, 3.05) is 51.4 Å².